The Bertz CT molecular complexity index is 408. The minimum atomic E-state index is -1.02. The van der Waals surface area contributed by atoms with Crippen LogP contribution in [-0.2, 0) is 9.53 Å². The maximum atomic E-state index is 10.8. The molecule has 0 aliphatic heterocycles. The average molecular weight is 221 g/mol. The average Bonchev–Trinajstić information content (AvgIpc) is 2.29. The Kier molecular flexibility index (Phi) is 4.20. The van der Waals surface area contributed by atoms with Gasteiger partial charge in [0.1, 0.15) is 0 Å². The summed E-state index contributed by atoms with van der Waals surface area (Å²) in [6, 6.07) is 3.02. The maximum Gasteiger partial charge on any atom is 0.337 e. The van der Waals surface area contributed by atoms with Gasteiger partial charge < -0.3 is 9.84 Å². The Morgan fingerprint density at radius 1 is 1.50 bits per heavy atom. The van der Waals surface area contributed by atoms with Crippen LogP contribution in [0.3, 0.4) is 0 Å². The Morgan fingerprint density at radius 3 is 2.75 bits per heavy atom. The Labute approximate surface area is 92.4 Å². The van der Waals surface area contributed by atoms with Gasteiger partial charge >= 0.3 is 11.9 Å². The molecule has 0 fully saturated rings. The highest BCUT2D eigenvalue weighted by Gasteiger charge is 2.01. The van der Waals surface area contributed by atoms with Crippen LogP contribution in [0.1, 0.15) is 22.5 Å². The topological polar surface area (TPSA) is 76.5 Å². The summed E-state index contributed by atoms with van der Waals surface area (Å²) in [7, 11) is 1.32. The molecule has 1 aromatic heterocycles. The molecule has 1 heterocycles. The highest BCUT2D eigenvalue weighted by atomic mass is 16.5. The fourth-order valence-electron chi connectivity index (χ4n) is 0.990. The molecule has 1 aromatic rings. The summed E-state index contributed by atoms with van der Waals surface area (Å²) in [6.07, 6.45) is 4.66. The first-order valence-electron chi connectivity index (χ1n) is 4.56. The standard InChI is InChI=1S/C11H11NO4/c1-16-10(13)4-2-3-9-6-5-8(7-12-9)11(14)15/h2-3,5-7H,4H2,1H3,(H,14,15). The Morgan fingerprint density at radius 2 is 2.25 bits per heavy atom. The van der Waals surface area contributed by atoms with Crippen molar-refractivity contribution in [2.24, 2.45) is 0 Å². The van der Waals surface area contributed by atoms with Gasteiger partial charge in [-0.15, -0.1) is 0 Å². The number of carbonyl (C=O) groups is 2. The smallest absolute Gasteiger partial charge is 0.337 e. The number of esters is 1. The summed E-state index contributed by atoms with van der Waals surface area (Å²) in [5.74, 6) is -1.35. The summed E-state index contributed by atoms with van der Waals surface area (Å²) in [6.45, 7) is 0. The lowest BCUT2D eigenvalue weighted by molar-refractivity contribution is -0.139. The van der Waals surface area contributed by atoms with Crippen LogP contribution in [0.25, 0.3) is 6.08 Å². The number of carbonyl (C=O) groups excluding carboxylic acids is 1. The molecule has 1 N–H and O–H groups in total. The molecule has 0 atom stereocenters. The predicted molar refractivity (Wildman–Crippen MR) is 56.9 cm³/mol. The van der Waals surface area contributed by atoms with Crippen molar-refractivity contribution in [3.05, 3.63) is 35.7 Å². The normalized spacial score (nSPS) is 10.3. The van der Waals surface area contributed by atoms with Gasteiger partial charge in [-0.3, -0.25) is 9.78 Å². The van der Waals surface area contributed by atoms with Crippen LogP contribution in [0, 0.1) is 0 Å². The zero-order chi connectivity index (χ0) is 12.0. The zero-order valence-electron chi connectivity index (χ0n) is 8.71. The molecule has 0 spiro atoms. The van der Waals surface area contributed by atoms with Crippen LogP contribution < -0.4 is 0 Å². The first kappa shape index (κ1) is 11.9. The molecule has 0 aromatic carbocycles. The van der Waals surface area contributed by atoms with Crippen molar-refractivity contribution in [3.8, 4) is 0 Å². The van der Waals surface area contributed by atoms with Crippen LogP contribution in [0.5, 0.6) is 0 Å². The van der Waals surface area contributed by atoms with Crippen LogP contribution in [0.15, 0.2) is 24.4 Å². The fraction of sp³-hybridized carbons (Fsp3) is 0.182. The Balaban J connectivity index is 2.61. The van der Waals surface area contributed by atoms with Gasteiger partial charge in [0.15, 0.2) is 0 Å². The van der Waals surface area contributed by atoms with E-state index in [1.165, 1.54) is 19.4 Å². The lowest BCUT2D eigenvalue weighted by Crippen LogP contribution is -1.98. The van der Waals surface area contributed by atoms with E-state index in [4.69, 9.17) is 5.11 Å². The summed E-state index contributed by atoms with van der Waals surface area (Å²) < 4.78 is 4.45. The second-order valence-electron chi connectivity index (χ2n) is 2.96. The molecule has 5 heteroatoms. The van der Waals surface area contributed by atoms with E-state index >= 15 is 0 Å². The molecule has 0 unspecified atom stereocenters. The van der Waals surface area contributed by atoms with Crippen molar-refractivity contribution in [1.29, 1.82) is 0 Å². The van der Waals surface area contributed by atoms with E-state index in [-0.39, 0.29) is 18.0 Å². The second-order valence-corrected chi connectivity index (χ2v) is 2.96. The minimum Gasteiger partial charge on any atom is -0.478 e. The summed E-state index contributed by atoms with van der Waals surface area (Å²) >= 11 is 0. The van der Waals surface area contributed by atoms with Crippen molar-refractivity contribution in [2.45, 2.75) is 6.42 Å². The van der Waals surface area contributed by atoms with Crippen molar-refractivity contribution in [2.75, 3.05) is 7.11 Å². The molecule has 0 radical (unpaired) electrons. The van der Waals surface area contributed by atoms with Crippen LogP contribution in [-0.4, -0.2) is 29.1 Å². The largest absolute Gasteiger partial charge is 0.478 e. The number of nitrogens with zero attached hydrogens (tertiary/aromatic N) is 1. The zero-order valence-corrected chi connectivity index (χ0v) is 8.71. The van der Waals surface area contributed by atoms with Crippen molar-refractivity contribution in [3.63, 3.8) is 0 Å². The van der Waals surface area contributed by atoms with E-state index in [9.17, 15) is 9.59 Å². The molecule has 16 heavy (non-hydrogen) atoms. The second kappa shape index (κ2) is 5.65. The van der Waals surface area contributed by atoms with Gasteiger partial charge in [-0.1, -0.05) is 6.08 Å². The van der Waals surface area contributed by atoms with Gasteiger partial charge in [0.25, 0.3) is 0 Å². The first-order valence-corrected chi connectivity index (χ1v) is 4.56. The number of methoxy groups -OCH3 is 1. The number of rotatable bonds is 4. The third-order valence-electron chi connectivity index (χ3n) is 1.83. The van der Waals surface area contributed by atoms with E-state index < -0.39 is 5.97 Å². The highest BCUT2D eigenvalue weighted by Crippen LogP contribution is 2.03. The number of carboxylic acid groups (broad SMARTS) is 1. The lowest BCUT2D eigenvalue weighted by atomic mass is 10.2. The molecule has 1 rings (SSSR count). The van der Waals surface area contributed by atoms with Gasteiger partial charge in [-0.05, 0) is 18.2 Å². The van der Waals surface area contributed by atoms with Crippen molar-refractivity contribution in [1.82, 2.24) is 4.98 Å². The molecular formula is C11H11NO4. The number of hydrogen-bond donors (Lipinski definition) is 1. The maximum absolute atomic E-state index is 10.8. The summed E-state index contributed by atoms with van der Waals surface area (Å²) in [5, 5.41) is 8.64. The first-order chi connectivity index (χ1) is 7.63. The van der Waals surface area contributed by atoms with Crippen molar-refractivity contribution < 1.29 is 19.4 Å². The van der Waals surface area contributed by atoms with Gasteiger partial charge in [0, 0.05) is 6.20 Å². The van der Waals surface area contributed by atoms with Gasteiger partial charge in [0.2, 0.25) is 0 Å². The molecule has 0 bridgehead atoms. The fourth-order valence-corrected chi connectivity index (χ4v) is 0.990. The van der Waals surface area contributed by atoms with Gasteiger partial charge in [-0.25, -0.2) is 4.79 Å². The van der Waals surface area contributed by atoms with Gasteiger partial charge in [-0.2, -0.15) is 0 Å². The Hall–Kier alpha value is -2.17. The summed E-state index contributed by atoms with van der Waals surface area (Å²) in [4.78, 5) is 25.2. The van der Waals surface area contributed by atoms with Crippen LogP contribution in [0.4, 0.5) is 0 Å². The number of pyridine rings is 1. The van der Waals surface area contributed by atoms with E-state index in [1.54, 1.807) is 18.2 Å². The molecular weight excluding hydrogens is 210 g/mol. The quantitative estimate of drug-likeness (QED) is 0.777. The minimum absolute atomic E-state index is 0.130. The van der Waals surface area contributed by atoms with Crippen LogP contribution >= 0.6 is 0 Å². The van der Waals surface area contributed by atoms with E-state index in [0.717, 1.165) is 0 Å². The van der Waals surface area contributed by atoms with Gasteiger partial charge in [0.05, 0.1) is 24.8 Å². The highest BCUT2D eigenvalue weighted by molar-refractivity contribution is 5.87. The van der Waals surface area contributed by atoms with E-state index in [2.05, 4.69) is 9.72 Å². The monoisotopic (exact) mass is 221 g/mol. The van der Waals surface area contributed by atoms with Crippen molar-refractivity contribution >= 4 is 18.0 Å². The number of aromatic carboxylic acids is 1. The van der Waals surface area contributed by atoms with E-state index in [0.29, 0.717) is 5.69 Å². The lowest BCUT2D eigenvalue weighted by Gasteiger charge is -1.95. The number of ether oxygens (including phenoxy) is 1. The molecule has 0 amide bonds. The third kappa shape index (κ3) is 3.53. The SMILES string of the molecule is COC(=O)CC=Cc1ccc(C(=O)O)cn1. The third-order valence-corrected chi connectivity index (χ3v) is 1.83. The molecule has 0 aliphatic rings. The summed E-state index contributed by atoms with van der Waals surface area (Å²) in [5.41, 5.74) is 0.721. The molecule has 0 saturated carbocycles. The predicted octanol–water partition coefficient (Wildman–Crippen LogP) is 1.36. The number of carboxylic acids is 1. The molecule has 0 aliphatic carbocycles. The van der Waals surface area contributed by atoms with Crippen LogP contribution in [0.2, 0.25) is 0 Å². The molecule has 5 nitrogen and oxygen atoms in total. The number of aromatic nitrogens is 1. The number of hydrogen-bond acceptors (Lipinski definition) is 4. The van der Waals surface area contributed by atoms with E-state index in [1.807, 2.05) is 0 Å². The molecule has 84 valence electrons. The molecule has 0 saturated heterocycles.